The maximum Gasteiger partial charge on any atom is 0.255 e. The summed E-state index contributed by atoms with van der Waals surface area (Å²) in [7, 11) is 0. The Kier molecular flexibility index (Phi) is 10.2. The normalized spacial score (nSPS) is 14.5. The van der Waals surface area contributed by atoms with Gasteiger partial charge in [-0.1, -0.05) is 78.2 Å². The lowest BCUT2D eigenvalue weighted by Gasteiger charge is -2.20. The summed E-state index contributed by atoms with van der Waals surface area (Å²) in [5.74, 6) is -0.831. The summed E-state index contributed by atoms with van der Waals surface area (Å²) >= 11 is 2.72. The molecular weight excluding hydrogens is 520 g/mol. The molecule has 0 aliphatic heterocycles. The van der Waals surface area contributed by atoms with Crippen LogP contribution in [0, 0.1) is 5.92 Å². The first-order valence-corrected chi connectivity index (χ1v) is 14.5. The largest absolute Gasteiger partial charge is 0.383 e. The van der Waals surface area contributed by atoms with Gasteiger partial charge in [0.15, 0.2) is 0 Å². The number of rotatable bonds is 13. The number of carbonyl (C=O) groups is 2. The van der Waals surface area contributed by atoms with E-state index in [1.807, 2.05) is 43.3 Å². The lowest BCUT2D eigenvalue weighted by Crippen LogP contribution is -2.34. The number of allylic oxidation sites excluding steroid dienone is 3. The molecule has 38 heavy (non-hydrogen) atoms. The molecule has 4 rings (SSSR count). The summed E-state index contributed by atoms with van der Waals surface area (Å²) in [6.07, 6.45) is 11.2. The van der Waals surface area contributed by atoms with Crippen LogP contribution >= 0.6 is 22.7 Å². The van der Waals surface area contributed by atoms with E-state index in [1.54, 1.807) is 0 Å². The van der Waals surface area contributed by atoms with Crippen molar-refractivity contribution in [3.8, 4) is 0 Å². The van der Waals surface area contributed by atoms with Crippen molar-refractivity contribution in [2.24, 2.45) is 5.92 Å². The molecule has 0 spiro atoms. The predicted molar refractivity (Wildman–Crippen MR) is 150 cm³/mol. The van der Waals surface area contributed by atoms with E-state index in [4.69, 9.17) is 0 Å². The molecule has 2 atom stereocenters. The SMILES string of the molecule is CC(C1=CCCC=C1)C(O)C(=O)Nc1nnc(CCCCc2nnc(NC(=O)CCc3ccccc3)s2)s1. The van der Waals surface area contributed by atoms with E-state index in [0.717, 1.165) is 59.7 Å². The van der Waals surface area contributed by atoms with E-state index in [1.165, 1.54) is 22.7 Å². The topological polar surface area (TPSA) is 130 Å². The van der Waals surface area contributed by atoms with E-state index >= 15 is 0 Å². The maximum atomic E-state index is 12.5. The number of benzene rings is 1. The molecule has 2 heterocycles. The number of aromatic nitrogens is 4. The number of amides is 2. The van der Waals surface area contributed by atoms with Gasteiger partial charge in [0, 0.05) is 25.2 Å². The Hall–Kier alpha value is -3.28. The molecule has 11 heteroatoms. The summed E-state index contributed by atoms with van der Waals surface area (Å²) in [5, 5.41) is 35.1. The first kappa shape index (κ1) is 27.7. The first-order valence-electron chi connectivity index (χ1n) is 12.8. The van der Waals surface area contributed by atoms with Crippen LogP contribution in [0.3, 0.4) is 0 Å². The molecule has 0 bridgehead atoms. The molecule has 9 nitrogen and oxygen atoms in total. The van der Waals surface area contributed by atoms with E-state index in [2.05, 4.69) is 43.2 Å². The average Bonchev–Trinajstić information content (AvgIpc) is 3.59. The molecule has 2 aromatic heterocycles. The summed E-state index contributed by atoms with van der Waals surface area (Å²) in [5.41, 5.74) is 2.10. The fourth-order valence-corrected chi connectivity index (χ4v) is 5.59. The number of hydrogen-bond acceptors (Lipinski definition) is 9. The second kappa shape index (κ2) is 14.0. The third-order valence-electron chi connectivity index (χ3n) is 6.22. The number of aryl methyl sites for hydroxylation is 3. The summed E-state index contributed by atoms with van der Waals surface area (Å²) in [6, 6.07) is 9.91. The number of unbranched alkanes of at least 4 members (excludes halogenated alkanes) is 1. The zero-order valence-corrected chi connectivity index (χ0v) is 22.9. The molecule has 2 unspecified atom stereocenters. The Labute approximate surface area is 230 Å². The van der Waals surface area contributed by atoms with Crippen molar-refractivity contribution in [1.82, 2.24) is 20.4 Å². The minimum absolute atomic E-state index is 0.0689. The summed E-state index contributed by atoms with van der Waals surface area (Å²) in [4.78, 5) is 24.7. The zero-order chi connectivity index (χ0) is 26.7. The zero-order valence-electron chi connectivity index (χ0n) is 21.3. The molecule has 0 radical (unpaired) electrons. The first-order chi connectivity index (χ1) is 18.5. The summed E-state index contributed by atoms with van der Waals surface area (Å²) < 4.78 is 0. The van der Waals surface area contributed by atoms with Gasteiger partial charge in [-0.25, -0.2) is 0 Å². The van der Waals surface area contributed by atoms with Crippen LogP contribution in [0.25, 0.3) is 0 Å². The number of carbonyl (C=O) groups excluding carboxylic acids is 2. The smallest absolute Gasteiger partial charge is 0.255 e. The number of anilines is 2. The van der Waals surface area contributed by atoms with Gasteiger partial charge in [-0.3, -0.25) is 14.9 Å². The average molecular weight is 553 g/mol. The van der Waals surface area contributed by atoms with Gasteiger partial charge < -0.3 is 10.4 Å². The minimum Gasteiger partial charge on any atom is -0.383 e. The Morgan fingerprint density at radius 2 is 1.58 bits per heavy atom. The lowest BCUT2D eigenvalue weighted by atomic mass is 9.91. The number of nitrogens with zero attached hydrogens (tertiary/aromatic N) is 4. The van der Waals surface area contributed by atoms with Crippen LogP contribution in [0.2, 0.25) is 0 Å². The molecule has 200 valence electrons. The molecule has 3 N–H and O–H groups in total. The molecule has 3 aromatic rings. The van der Waals surface area contributed by atoms with E-state index in [0.29, 0.717) is 23.1 Å². The molecule has 1 aliphatic rings. The minimum atomic E-state index is -1.15. The standard InChI is InChI=1S/C27H32N6O3S2/c1-18(20-12-6-3-7-13-20)24(35)25(36)29-27-33-31-23(38-27)15-9-8-14-22-30-32-26(37-22)28-21(34)17-16-19-10-4-2-5-11-19/h2,4-6,10-13,18,24,35H,3,7-9,14-17H2,1H3,(H,28,32,34)(H,29,33,36). The quantitative estimate of drug-likeness (QED) is 0.261. The second-order valence-electron chi connectivity index (χ2n) is 9.15. The van der Waals surface area contributed by atoms with Crippen LogP contribution in [0.4, 0.5) is 10.3 Å². The fourth-order valence-electron chi connectivity index (χ4n) is 4.01. The number of aliphatic hydroxyl groups excluding tert-OH is 1. The van der Waals surface area contributed by atoms with Crippen LogP contribution in [0.1, 0.15) is 54.6 Å². The van der Waals surface area contributed by atoms with Crippen LogP contribution in [-0.4, -0.2) is 43.4 Å². The molecule has 0 saturated carbocycles. The molecule has 2 amide bonds. The van der Waals surface area contributed by atoms with E-state index < -0.39 is 12.0 Å². The molecule has 0 saturated heterocycles. The van der Waals surface area contributed by atoms with Crippen molar-refractivity contribution in [2.45, 2.75) is 64.4 Å². The Morgan fingerprint density at radius 1 is 0.921 bits per heavy atom. The Bertz CT molecular complexity index is 1270. The third-order valence-corrected chi connectivity index (χ3v) is 8.01. The fraction of sp³-hybridized carbons (Fsp3) is 0.407. The van der Waals surface area contributed by atoms with Gasteiger partial charge in [-0.05, 0) is 43.2 Å². The highest BCUT2D eigenvalue weighted by Gasteiger charge is 2.25. The molecule has 1 aromatic carbocycles. The van der Waals surface area contributed by atoms with Crippen molar-refractivity contribution >= 4 is 44.8 Å². The molecule has 1 aliphatic carbocycles. The monoisotopic (exact) mass is 552 g/mol. The van der Waals surface area contributed by atoms with Crippen LogP contribution < -0.4 is 10.6 Å². The van der Waals surface area contributed by atoms with E-state index in [9.17, 15) is 14.7 Å². The van der Waals surface area contributed by atoms with Gasteiger partial charge in [0.25, 0.3) is 5.91 Å². The second-order valence-corrected chi connectivity index (χ2v) is 11.3. The maximum absolute atomic E-state index is 12.5. The number of nitrogens with one attached hydrogen (secondary N) is 2. The molecule has 0 fully saturated rings. The van der Waals surface area contributed by atoms with Gasteiger partial charge in [0.05, 0.1) is 0 Å². The lowest BCUT2D eigenvalue weighted by molar-refractivity contribution is -0.125. The molecular formula is C27H32N6O3S2. The third kappa shape index (κ3) is 8.37. The highest BCUT2D eigenvalue weighted by atomic mass is 32.1. The highest BCUT2D eigenvalue weighted by molar-refractivity contribution is 7.15. The van der Waals surface area contributed by atoms with Gasteiger partial charge in [-0.2, -0.15) is 0 Å². The van der Waals surface area contributed by atoms with Crippen molar-refractivity contribution in [3.05, 3.63) is 69.7 Å². The summed E-state index contributed by atoms with van der Waals surface area (Å²) in [6.45, 7) is 1.85. The Morgan fingerprint density at radius 3 is 2.21 bits per heavy atom. The van der Waals surface area contributed by atoms with Crippen molar-refractivity contribution in [3.63, 3.8) is 0 Å². The highest BCUT2D eigenvalue weighted by Crippen LogP contribution is 2.24. The van der Waals surface area contributed by atoms with Crippen molar-refractivity contribution < 1.29 is 14.7 Å². The number of hydrogen-bond donors (Lipinski definition) is 3. The number of aliphatic hydroxyl groups is 1. The van der Waals surface area contributed by atoms with Gasteiger partial charge in [-0.15, -0.1) is 20.4 Å². The van der Waals surface area contributed by atoms with Gasteiger partial charge in [0.1, 0.15) is 16.1 Å². The Balaban J connectivity index is 1.14. The van der Waals surface area contributed by atoms with Gasteiger partial charge >= 0.3 is 0 Å². The van der Waals surface area contributed by atoms with Crippen LogP contribution in [0.15, 0.2) is 54.1 Å². The van der Waals surface area contributed by atoms with Crippen LogP contribution in [0.5, 0.6) is 0 Å². The van der Waals surface area contributed by atoms with E-state index in [-0.39, 0.29) is 11.8 Å². The van der Waals surface area contributed by atoms with Crippen molar-refractivity contribution in [2.75, 3.05) is 10.6 Å². The van der Waals surface area contributed by atoms with Crippen molar-refractivity contribution in [1.29, 1.82) is 0 Å². The van der Waals surface area contributed by atoms with Crippen LogP contribution in [-0.2, 0) is 28.9 Å². The van der Waals surface area contributed by atoms with Gasteiger partial charge in [0.2, 0.25) is 16.2 Å². The predicted octanol–water partition coefficient (Wildman–Crippen LogP) is 4.74.